The fourth-order valence-corrected chi connectivity index (χ4v) is 1.99. The second-order valence-corrected chi connectivity index (χ2v) is 4.36. The number of benzene rings is 2. The molecule has 0 bridgehead atoms. The highest BCUT2D eigenvalue weighted by Crippen LogP contribution is 2.29. The van der Waals surface area contributed by atoms with Crippen molar-refractivity contribution in [1.29, 1.82) is 0 Å². The van der Waals surface area contributed by atoms with Crippen molar-refractivity contribution >= 4 is 17.5 Å². The number of carbonyl (C=O) groups excluding carboxylic acids is 1. The number of hydrogen-bond donors (Lipinski definition) is 1. The van der Waals surface area contributed by atoms with Crippen molar-refractivity contribution in [2.45, 2.75) is 6.42 Å². The highest BCUT2D eigenvalue weighted by Gasteiger charge is 2.11. The van der Waals surface area contributed by atoms with Gasteiger partial charge in [-0.25, -0.2) is 4.39 Å². The molecule has 0 unspecified atom stereocenters. The van der Waals surface area contributed by atoms with Gasteiger partial charge in [-0.3, -0.25) is 4.79 Å². The Morgan fingerprint density at radius 3 is 2.56 bits per heavy atom. The lowest BCUT2D eigenvalue weighted by Gasteiger charge is -2.10. The molecule has 2 aromatic rings. The minimum absolute atomic E-state index is 0.0564. The minimum atomic E-state index is -0.463. The van der Waals surface area contributed by atoms with E-state index in [2.05, 4.69) is 0 Å². The molecule has 92 valence electrons. The summed E-state index contributed by atoms with van der Waals surface area (Å²) in [7, 11) is 0. The normalized spacial score (nSPS) is 10.3. The van der Waals surface area contributed by atoms with Crippen LogP contribution in [0.1, 0.15) is 5.56 Å². The van der Waals surface area contributed by atoms with Gasteiger partial charge in [-0.2, -0.15) is 0 Å². The molecule has 1 amide bonds. The Morgan fingerprint density at radius 1 is 1.17 bits per heavy atom. The Morgan fingerprint density at radius 2 is 1.89 bits per heavy atom. The van der Waals surface area contributed by atoms with Gasteiger partial charge in [0, 0.05) is 10.6 Å². The van der Waals surface area contributed by atoms with Crippen LogP contribution in [0.2, 0.25) is 5.02 Å². The summed E-state index contributed by atoms with van der Waals surface area (Å²) < 4.78 is 13.8. The molecule has 2 rings (SSSR count). The summed E-state index contributed by atoms with van der Waals surface area (Å²) in [5, 5.41) is 0.487. The van der Waals surface area contributed by atoms with Gasteiger partial charge in [0.2, 0.25) is 5.91 Å². The van der Waals surface area contributed by atoms with Gasteiger partial charge in [-0.1, -0.05) is 35.9 Å². The minimum Gasteiger partial charge on any atom is -0.369 e. The van der Waals surface area contributed by atoms with Crippen molar-refractivity contribution in [3.63, 3.8) is 0 Å². The molecule has 2 aromatic carbocycles. The lowest BCUT2D eigenvalue weighted by atomic mass is 9.97. The number of hydrogen-bond acceptors (Lipinski definition) is 1. The summed E-state index contributed by atoms with van der Waals surface area (Å²) in [5.41, 5.74) is 6.86. The van der Waals surface area contributed by atoms with Gasteiger partial charge < -0.3 is 5.73 Å². The molecule has 4 heteroatoms. The van der Waals surface area contributed by atoms with Crippen LogP contribution in [0.4, 0.5) is 4.39 Å². The summed E-state index contributed by atoms with van der Waals surface area (Å²) >= 11 is 5.92. The predicted octanol–water partition coefficient (Wildman–Crippen LogP) is 3.17. The lowest BCUT2D eigenvalue weighted by molar-refractivity contribution is -0.117. The van der Waals surface area contributed by atoms with E-state index in [-0.39, 0.29) is 12.2 Å². The maximum absolute atomic E-state index is 13.8. The molecule has 0 atom stereocenters. The van der Waals surface area contributed by atoms with E-state index in [9.17, 15) is 9.18 Å². The van der Waals surface area contributed by atoms with Crippen molar-refractivity contribution in [1.82, 2.24) is 0 Å². The molecular weight excluding hydrogens is 253 g/mol. The van der Waals surface area contributed by atoms with Crippen LogP contribution < -0.4 is 5.73 Å². The molecule has 0 saturated carbocycles. The first-order valence-corrected chi connectivity index (χ1v) is 5.77. The van der Waals surface area contributed by atoms with Crippen LogP contribution in [-0.2, 0) is 11.2 Å². The second-order valence-electron chi connectivity index (χ2n) is 3.92. The number of rotatable bonds is 3. The Hall–Kier alpha value is -1.87. The van der Waals surface area contributed by atoms with E-state index in [0.717, 1.165) is 0 Å². The third kappa shape index (κ3) is 2.68. The molecule has 0 heterocycles. The number of halogens is 2. The van der Waals surface area contributed by atoms with E-state index in [0.29, 0.717) is 21.7 Å². The van der Waals surface area contributed by atoms with E-state index < -0.39 is 5.91 Å². The van der Waals surface area contributed by atoms with Crippen molar-refractivity contribution in [2.24, 2.45) is 5.73 Å². The molecule has 2 nitrogen and oxygen atoms in total. The van der Waals surface area contributed by atoms with Gasteiger partial charge in [-0.05, 0) is 29.3 Å². The fourth-order valence-electron chi connectivity index (χ4n) is 1.82. The number of nitrogens with two attached hydrogens (primary N) is 1. The standard InChI is InChI=1S/C14H11ClFNO/c15-10-6-5-9(7-14(17)18)12(8-10)11-3-1-2-4-13(11)16/h1-6,8H,7H2,(H2,17,18). The molecule has 18 heavy (non-hydrogen) atoms. The molecule has 0 saturated heterocycles. The van der Waals surface area contributed by atoms with Gasteiger partial charge >= 0.3 is 0 Å². The smallest absolute Gasteiger partial charge is 0.221 e. The van der Waals surface area contributed by atoms with Crippen molar-refractivity contribution in [3.8, 4) is 11.1 Å². The molecule has 0 fully saturated rings. The van der Waals surface area contributed by atoms with Crippen LogP contribution in [0.5, 0.6) is 0 Å². The Labute approximate surface area is 109 Å². The molecule has 0 aliphatic rings. The highest BCUT2D eigenvalue weighted by atomic mass is 35.5. The van der Waals surface area contributed by atoms with Gasteiger partial charge in [0.05, 0.1) is 6.42 Å². The number of primary amides is 1. The monoisotopic (exact) mass is 263 g/mol. The summed E-state index contributed by atoms with van der Waals surface area (Å²) in [6.07, 6.45) is 0.0564. The Bertz CT molecular complexity index is 598. The predicted molar refractivity (Wildman–Crippen MR) is 69.7 cm³/mol. The van der Waals surface area contributed by atoms with E-state index in [1.807, 2.05) is 0 Å². The van der Waals surface area contributed by atoms with Crippen LogP contribution in [0.15, 0.2) is 42.5 Å². The Balaban J connectivity index is 2.58. The molecule has 0 aliphatic heterocycles. The van der Waals surface area contributed by atoms with Gasteiger partial charge in [0.1, 0.15) is 5.82 Å². The van der Waals surface area contributed by atoms with Crippen molar-refractivity contribution < 1.29 is 9.18 Å². The zero-order valence-corrected chi connectivity index (χ0v) is 10.2. The number of carbonyl (C=O) groups is 1. The zero-order valence-electron chi connectivity index (χ0n) is 9.49. The first-order chi connectivity index (χ1) is 8.58. The molecule has 0 spiro atoms. The van der Waals surface area contributed by atoms with E-state index in [1.54, 1.807) is 36.4 Å². The topological polar surface area (TPSA) is 43.1 Å². The maximum Gasteiger partial charge on any atom is 0.221 e. The first-order valence-electron chi connectivity index (χ1n) is 5.39. The summed E-state index contributed by atoms with van der Waals surface area (Å²) in [6.45, 7) is 0. The largest absolute Gasteiger partial charge is 0.369 e. The van der Waals surface area contributed by atoms with Crippen LogP contribution in [-0.4, -0.2) is 5.91 Å². The molecular formula is C14H11ClFNO. The van der Waals surface area contributed by atoms with Crippen LogP contribution in [0.25, 0.3) is 11.1 Å². The zero-order chi connectivity index (χ0) is 13.1. The number of amides is 1. The molecule has 0 aromatic heterocycles. The van der Waals surface area contributed by atoms with E-state index in [1.165, 1.54) is 6.07 Å². The fraction of sp³-hybridized carbons (Fsp3) is 0.0714. The first kappa shape index (κ1) is 12.6. The SMILES string of the molecule is NC(=O)Cc1ccc(Cl)cc1-c1ccccc1F. The quantitative estimate of drug-likeness (QED) is 0.908. The van der Waals surface area contributed by atoms with E-state index in [4.69, 9.17) is 17.3 Å². The van der Waals surface area contributed by atoms with Gasteiger partial charge in [0.25, 0.3) is 0 Å². The van der Waals surface area contributed by atoms with Crippen LogP contribution in [0, 0.1) is 5.82 Å². The molecule has 0 radical (unpaired) electrons. The Kier molecular flexibility index (Phi) is 3.63. The third-order valence-electron chi connectivity index (χ3n) is 2.60. The summed E-state index contributed by atoms with van der Waals surface area (Å²) in [6, 6.07) is 11.3. The van der Waals surface area contributed by atoms with Crippen molar-refractivity contribution in [2.75, 3.05) is 0 Å². The van der Waals surface area contributed by atoms with Gasteiger partial charge in [0.15, 0.2) is 0 Å². The summed E-state index contributed by atoms with van der Waals surface area (Å²) in [5.74, 6) is -0.819. The molecule has 0 aliphatic carbocycles. The third-order valence-corrected chi connectivity index (χ3v) is 2.84. The molecule has 2 N–H and O–H groups in total. The van der Waals surface area contributed by atoms with Crippen LogP contribution >= 0.6 is 11.6 Å². The lowest BCUT2D eigenvalue weighted by Crippen LogP contribution is -2.14. The van der Waals surface area contributed by atoms with E-state index >= 15 is 0 Å². The average Bonchev–Trinajstić information content (AvgIpc) is 2.32. The van der Waals surface area contributed by atoms with Gasteiger partial charge in [-0.15, -0.1) is 0 Å². The highest BCUT2D eigenvalue weighted by molar-refractivity contribution is 6.30. The summed E-state index contributed by atoms with van der Waals surface area (Å²) in [4.78, 5) is 11.0. The maximum atomic E-state index is 13.8. The van der Waals surface area contributed by atoms with Crippen LogP contribution in [0.3, 0.4) is 0 Å². The average molecular weight is 264 g/mol. The second kappa shape index (κ2) is 5.19. The van der Waals surface area contributed by atoms with Crippen molar-refractivity contribution in [3.05, 3.63) is 58.9 Å².